The summed E-state index contributed by atoms with van der Waals surface area (Å²) in [6, 6.07) is 28.8. The van der Waals surface area contributed by atoms with Crippen molar-refractivity contribution in [2.75, 3.05) is 13.2 Å². The molecule has 3 heteroatoms. The fourth-order valence-electron chi connectivity index (χ4n) is 5.63. The molecule has 0 bridgehead atoms. The Bertz CT molecular complexity index is 1010. The fraction of sp³-hybridized carbons (Fsp3) is 0.526. The van der Waals surface area contributed by atoms with Crippen LogP contribution in [0.4, 0.5) is 0 Å². The summed E-state index contributed by atoms with van der Waals surface area (Å²) in [4.78, 5) is 0. The summed E-state index contributed by atoms with van der Waals surface area (Å²) in [5, 5.41) is 10.2. The van der Waals surface area contributed by atoms with Gasteiger partial charge < -0.3 is 14.6 Å². The molecule has 1 N–H and O–H groups in total. The maximum atomic E-state index is 10.2. The minimum absolute atomic E-state index is 0.216. The summed E-state index contributed by atoms with van der Waals surface area (Å²) in [5.74, 6) is 0.856. The van der Waals surface area contributed by atoms with Crippen LogP contribution in [0.15, 0.2) is 84.9 Å². The maximum Gasteiger partial charge on any atom is 0.143 e. The first-order chi connectivity index (χ1) is 20.2. The van der Waals surface area contributed by atoms with Crippen molar-refractivity contribution >= 4 is 0 Å². The highest BCUT2D eigenvalue weighted by molar-refractivity contribution is 5.49. The van der Waals surface area contributed by atoms with Gasteiger partial charge in [0, 0.05) is 0 Å². The Morgan fingerprint density at radius 2 is 1.05 bits per heavy atom. The van der Waals surface area contributed by atoms with E-state index < -0.39 is 11.7 Å². The fourth-order valence-corrected chi connectivity index (χ4v) is 5.63. The second kappa shape index (κ2) is 19.5. The van der Waals surface area contributed by atoms with Gasteiger partial charge in [0.05, 0.1) is 19.3 Å². The van der Waals surface area contributed by atoms with Crippen LogP contribution in [0.5, 0.6) is 5.75 Å². The van der Waals surface area contributed by atoms with E-state index in [1.54, 1.807) is 6.92 Å². The molecule has 224 valence electrons. The number of hydrogen-bond acceptors (Lipinski definition) is 3. The predicted molar refractivity (Wildman–Crippen MR) is 173 cm³/mol. The van der Waals surface area contributed by atoms with Crippen molar-refractivity contribution in [3.05, 3.63) is 102 Å². The Balaban J connectivity index is 1.50. The van der Waals surface area contributed by atoms with Crippen LogP contribution >= 0.6 is 0 Å². The lowest BCUT2D eigenvalue weighted by Crippen LogP contribution is -2.35. The first-order valence-corrected chi connectivity index (χ1v) is 16.3. The standard InChI is InChI=1S/C38H54O3/c1-3-4-5-6-7-8-9-10-11-12-13-14-15-22-30-40-37-29-23-28-36(31-37)38(41-32-33(2)39,34-24-18-16-19-25-34)35-26-20-17-21-27-35/h16-21,23-29,31,33,39H,3-15,22,30,32H2,1-2H3. The number of benzene rings is 3. The molecule has 41 heavy (non-hydrogen) atoms. The Morgan fingerprint density at radius 3 is 1.54 bits per heavy atom. The number of rotatable bonds is 22. The SMILES string of the molecule is CCCCCCCCCCCCCCCCOc1cccc(C(OCC(C)O)(c2ccccc2)c2ccccc2)c1. The molecular formula is C38H54O3. The highest BCUT2D eigenvalue weighted by Crippen LogP contribution is 2.41. The normalized spacial score (nSPS) is 12.4. The summed E-state index contributed by atoms with van der Waals surface area (Å²) in [7, 11) is 0. The molecule has 0 aliphatic rings. The number of hydrogen-bond donors (Lipinski definition) is 1. The monoisotopic (exact) mass is 558 g/mol. The Morgan fingerprint density at radius 1 is 0.585 bits per heavy atom. The summed E-state index contributed by atoms with van der Waals surface area (Å²) in [5.41, 5.74) is 2.19. The summed E-state index contributed by atoms with van der Waals surface area (Å²) in [6.45, 7) is 4.98. The number of unbranched alkanes of at least 4 members (excludes halogenated alkanes) is 13. The average molecular weight is 559 g/mol. The highest BCUT2D eigenvalue weighted by atomic mass is 16.5. The lowest BCUT2D eigenvalue weighted by Gasteiger charge is -2.36. The van der Waals surface area contributed by atoms with Crippen LogP contribution in [-0.2, 0) is 10.3 Å². The summed E-state index contributed by atoms with van der Waals surface area (Å²) < 4.78 is 12.9. The summed E-state index contributed by atoms with van der Waals surface area (Å²) >= 11 is 0. The molecule has 0 fully saturated rings. The van der Waals surface area contributed by atoms with Gasteiger partial charge in [-0.05, 0) is 42.2 Å². The minimum atomic E-state index is -0.853. The summed E-state index contributed by atoms with van der Waals surface area (Å²) in [6.07, 6.45) is 18.4. The Kier molecular flexibility index (Phi) is 15.6. The maximum absolute atomic E-state index is 10.2. The number of aliphatic hydroxyl groups is 1. The third-order valence-electron chi connectivity index (χ3n) is 7.91. The molecule has 3 nitrogen and oxygen atoms in total. The van der Waals surface area contributed by atoms with E-state index in [-0.39, 0.29) is 6.61 Å². The third-order valence-corrected chi connectivity index (χ3v) is 7.91. The molecule has 0 radical (unpaired) electrons. The van der Waals surface area contributed by atoms with Crippen molar-refractivity contribution in [3.63, 3.8) is 0 Å². The van der Waals surface area contributed by atoms with Gasteiger partial charge in [0.2, 0.25) is 0 Å². The van der Waals surface area contributed by atoms with Crippen molar-refractivity contribution in [3.8, 4) is 5.75 Å². The van der Waals surface area contributed by atoms with E-state index >= 15 is 0 Å². The second-order valence-corrected chi connectivity index (χ2v) is 11.5. The molecule has 0 heterocycles. The van der Waals surface area contributed by atoms with Crippen LogP contribution in [0.2, 0.25) is 0 Å². The molecule has 0 aromatic heterocycles. The van der Waals surface area contributed by atoms with E-state index in [4.69, 9.17) is 9.47 Å². The second-order valence-electron chi connectivity index (χ2n) is 11.5. The van der Waals surface area contributed by atoms with Crippen molar-refractivity contribution in [2.24, 2.45) is 0 Å². The smallest absolute Gasteiger partial charge is 0.143 e. The molecule has 0 saturated carbocycles. The molecule has 3 aromatic rings. The van der Waals surface area contributed by atoms with Gasteiger partial charge in [-0.1, -0.05) is 163 Å². The van der Waals surface area contributed by atoms with E-state index in [0.717, 1.165) is 35.5 Å². The van der Waals surface area contributed by atoms with Crippen LogP contribution in [-0.4, -0.2) is 24.4 Å². The topological polar surface area (TPSA) is 38.7 Å². The number of ether oxygens (including phenoxy) is 2. The van der Waals surface area contributed by atoms with E-state index in [1.165, 1.54) is 83.5 Å². The minimum Gasteiger partial charge on any atom is -0.494 e. The van der Waals surface area contributed by atoms with Crippen molar-refractivity contribution in [2.45, 2.75) is 115 Å². The van der Waals surface area contributed by atoms with Gasteiger partial charge in [-0.2, -0.15) is 0 Å². The van der Waals surface area contributed by atoms with Gasteiger partial charge in [0.25, 0.3) is 0 Å². The van der Waals surface area contributed by atoms with Crippen molar-refractivity contribution < 1.29 is 14.6 Å². The molecule has 0 saturated heterocycles. The van der Waals surface area contributed by atoms with Gasteiger partial charge in [0.15, 0.2) is 0 Å². The van der Waals surface area contributed by atoms with E-state index in [9.17, 15) is 5.11 Å². The molecule has 1 atom stereocenters. The van der Waals surface area contributed by atoms with Gasteiger partial charge in [-0.15, -0.1) is 0 Å². The first-order valence-electron chi connectivity index (χ1n) is 16.3. The van der Waals surface area contributed by atoms with Crippen LogP contribution in [0.3, 0.4) is 0 Å². The van der Waals surface area contributed by atoms with Gasteiger partial charge in [-0.25, -0.2) is 0 Å². The van der Waals surface area contributed by atoms with Crippen LogP contribution in [0.1, 0.15) is 120 Å². The molecule has 0 amide bonds. The number of aliphatic hydroxyl groups excluding tert-OH is 1. The molecule has 1 unspecified atom stereocenters. The zero-order valence-corrected chi connectivity index (χ0v) is 25.7. The van der Waals surface area contributed by atoms with Crippen LogP contribution in [0.25, 0.3) is 0 Å². The Hall–Kier alpha value is -2.62. The molecule has 3 rings (SSSR count). The average Bonchev–Trinajstić information content (AvgIpc) is 3.01. The first kappa shape index (κ1) is 32.9. The lowest BCUT2D eigenvalue weighted by molar-refractivity contribution is -0.0325. The van der Waals surface area contributed by atoms with Crippen LogP contribution < -0.4 is 4.74 Å². The van der Waals surface area contributed by atoms with E-state index in [1.807, 2.05) is 48.5 Å². The van der Waals surface area contributed by atoms with E-state index in [0.29, 0.717) is 0 Å². The molecule has 0 spiro atoms. The van der Waals surface area contributed by atoms with Crippen LogP contribution in [0, 0.1) is 0 Å². The van der Waals surface area contributed by atoms with Gasteiger partial charge >= 0.3 is 0 Å². The predicted octanol–water partition coefficient (Wildman–Crippen LogP) is 10.2. The quantitative estimate of drug-likeness (QED) is 0.0985. The zero-order valence-electron chi connectivity index (χ0n) is 25.7. The zero-order chi connectivity index (χ0) is 29.0. The van der Waals surface area contributed by atoms with Gasteiger partial charge in [0.1, 0.15) is 11.4 Å². The lowest BCUT2D eigenvalue weighted by atomic mass is 9.80. The molecule has 3 aromatic carbocycles. The van der Waals surface area contributed by atoms with Crippen molar-refractivity contribution in [1.29, 1.82) is 0 Å². The molecule has 0 aliphatic heterocycles. The van der Waals surface area contributed by atoms with Gasteiger partial charge in [-0.3, -0.25) is 0 Å². The largest absolute Gasteiger partial charge is 0.494 e. The van der Waals surface area contributed by atoms with E-state index in [2.05, 4.69) is 43.3 Å². The highest BCUT2D eigenvalue weighted by Gasteiger charge is 2.38. The Labute approximate surface area is 250 Å². The molecule has 0 aliphatic carbocycles. The van der Waals surface area contributed by atoms with Crippen molar-refractivity contribution in [1.82, 2.24) is 0 Å². The third kappa shape index (κ3) is 11.3. The molecular weight excluding hydrogens is 504 g/mol.